The van der Waals surface area contributed by atoms with Crippen LogP contribution in [0.2, 0.25) is 0 Å². The summed E-state index contributed by atoms with van der Waals surface area (Å²) in [7, 11) is 3.64. The number of aromatic nitrogens is 2. The van der Waals surface area contributed by atoms with E-state index in [4.69, 9.17) is 4.74 Å². The van der Waals surface area contributed by atoms with E-state index in [0.29, 0.717) is 0 Å². The quantitative estimate of drug-likeness (QED) is 0.897. The third-order valence-electron chi connectivity index (χ3n) is 3.37. The maximum Gasteiger partial charge on any atom is 0.119 e. The highest BCUT2D eigenvalue weighted by atomic mass is 16.5. The molecule has 0 aliphatic heterocycles. The molecule has 1 N–H and O–H groups in total. The molecule has 2 rings (SSSR count). The molecule has 1 heterocycles. The molecule has 4 nitrogen and oxygen atoms in total. The minimum atomic E-state index is 0.809. The van der Waals surface area contributed by atoms with E-state index in [0.717, 1.165) is 18.8 Å². The molecule has 0 fully saturated rings. The van der Waals surface area contributed by atoms with Crippen molar-refractivity contribution in [2.45, 2.75) is 26.9 Å². The Balaban J connectivity index is 2.50. The maximum atomic E-state index is 5.30. The lowest BCUT2D eigenvalue weighted by atomic mass is 10.00. The second kappa shape index (κ2) is 5.89. The average Bonchev–Trinajstić information content (AvgIpc) is 2.80. The zero-order chi connectivity index (χ0) is 13.8. The molecule has 19 heavy (non-hydrogen) atoms. The number of aryl methyl sites for hydroxylation is 1. The Hall–Kier alpha value is -1.81. The van der Waals surface area contributed by atoms with Crippen molar-refractivity contribution in [2.75, 3.05) is 14.2 Å². The lowest BCUT2D eigenvalue weighted by Crippen LogP contribution is -2.07. The van der Waals surface area contributed by atoms with Gasteiger partial charge < -0.3 is 10.1 Å². The van der Waals surface area contributed by atoms with Crippen LogP contribution in [0.3, 0.4) is 0 Å². The van der Waals surface area contributed by atoms with Gasteiger partial charge in [-0.25, -0.2) is 0 Å². The number of hydrogen-bond donors (Lipinski definition) is 1. The van der Waals surface area contributed by atoms with E-state index in [1.54, 1.807) is 7.11 Å². The van der Waals surface area contributed by atoms with Crippen molar-refractivity contribution in [1.82, 2.24) is 15.1 Å². The number of rotatable bonds is 5. The van der Waals surface area contributed by atoms with Crippen LogP contribution in [-0.2, 0) is 13.1 Å². The van der Waals surface area contributed by atoms with E-state index in [1.807, 2.05) is 24.0 Å². The van der Waals surface area contributed by atoms with E-state index >= 15 is 0 Å². The summed E-state index contributed by atoms with van der Waals surface area (Å²) in [4.78, 5) is 0. The van der Waals surface area contributed by atoms with Crippen LogP contribution >= 0.6 is 0 Å². The molecular weight excluding hydrogens is 238 g/mol. The van der Waals surface area contributed by atoms with E-state index in [-0.39, 0.29) is 0 Å². The summed E-state index contributed by atoms with van der Waals surface area (Å²) in [5, 5.41) is 7.62. The summed E-state index contributed by atoms with van der Waals surface area (Å²) in [6.07, 6.45) is 1.94. The zero-order valence-electron chi connectivity index (χ0n) is 12.0. The molecule has 0 atom stereocenters. The Morgan fingerprint density at radius 3 is 2.68 bits per heavy atom. The molecule has 0 bridgehead atoms. The first-order valence-electron chi connectivity index (χ1n) is 6.55. The second-order valence-electron chi connectivity index (χ2n) is 4.51. The topological polar surface area (TPSA) is 39.1 Å². The van der Waals surface area contributed by atoms with Crippen LogP contribution in [0.4, 0.5) is 0 Å². The fourth-order valence-electron chi connectivity index (χ4n) is 2.33. The van der Waals surface area contributed by atoms with Gasteiger partial charge >= 0.3 is 0 Å². The number of nitrogens with zero attached hydrogens (tertiary/aromatic N) is 2. The molecule has 1 aromatic heterocycles. The Morgan fingerprint density at radius 2 is 2.11 bits per heavy atom. The minimum absolute atomic E-state index is 0.809. The molecule has 102 valence electrons. The summed E-state index contributed by atoms with van der Waals surface area (Å²) < 4.78 is 7.32. The maximum absolute atomic E-state index is 5.30. The van der Waals surface area contributed by atoms with Crippen LogP contribution in [0.1, 0.15) is 18.2 Å². The van der Waals surface area contributed by atoms with Gasteiger partial charge in [0, 0.05) is 24.3 Å². The molecule has 0 amide bonds. The van der Waals surface area contributed by atoms with Crippen LogP contribution in [0.5, 0.6) is 5.75 Å². The van der Waals surface area contributed by atoms with Gasteiger partial charge in [0.05, 0.1) is 13.3 Å². The zero-order valence-corrected chi connectivity index (χ0v) is 12.0. The first-order valence-corrected chi connectivity index (χ1v) is 6.55. The van der Waals surface area contributed by atoms with Crippen molar-refractivity contribution < 1.29 is 4.74 Å². The number of methoxy groups -OCH3 is 1. The van der Waals surface area contributed by atoms with Crippen molar-refractivity contribution in [1.29, 1.82) is 0 Å². The van der Waals surface area contributed by atoms with Crippen molar-refractivity contribution in [3.8, 4) is 16.9 Å². The van der Waals surface area contributed by atoms with Gasteiger partial charge in [0.2, 0.25) is 0 Å². The van der Waals surface area contributed by atoms with Gasteiger partial charge in [0.15, 0.2) is 0 Å². The van der Waals surface area contributed by atoms with Gasteiger partial charge in [0.1, 0.15) is 5.75 Å². The van der Waals surface area contributed by atoms with Gasteiger partial charge in [-0.2, -0.15) is 5.10 Å². The lowest BCUT2D eigenvalue weighted by Gasteiger charge is -2.11. The summed E-state index contributed by atoms with van der Waals surface area (Å²) in [6.45, 7) is 5.91. The van der Waals surface area contributed by atoms with Crippen molar-refractivity contribution >= 4 is 0 Å². The fraction of sp³-hybridized carbons (Fsp3) is 0.400. The normalized spacial score (nSPS) is 10.7. The van der Waals surface area contributed by atoms with Gasteiger partial charge in [-0.1, -0.05) is 6.07 Å². The summed E-state index contributed by atoms with van der Waals surface area (Å²) in [6, 6.07) is 6.18. The molecule has 0 radical (unpaired) electrons. The molecule has 4 heteroatoms. The number of nitrogens with one attached hydrogen (secondary N) is 1. The highest BCUT2D eigenvalue weighted by Crippen LogP contribution is 2.29. The molecule has 0 aliphatic carbocycles. The molecule has 0 saturated heterocycles. The number of benzene rings is 1. The van der Waals surface area contributed by atoms with Gasteiger partial charge in [-0.3, -0.25) is 4.68 Å². The van der Waals surface area contributed by atoms with E-state index in [2.05, 4.69) is 36.4 Å². The molecular formula is C15H21N3O. The van der Waals surface area contributed by atoms with E-state index < -0.39 is 0 Å². The number of ether oxygens (including phenoxy) is 1. The summed E-state index contributed by atoms with van der Waals surface area (Å²) in [5.41, 5.74) is 4.83. The predicted octanol–water partition coefficient (Wildman–Crippen LogP) is 2.61. The van der Waals surface area contributed by atoms with Crippen LogP contribution in [0.25, 0.3) is 11.1 Å². The van der Waals surface area contributed by atoms with Gasteiger partial charge in [0.25, 0.3) is 0 Å². The minimum Gasteiger partial charge on any atom is -0.497 e. The first-order chi connectivity index (χ1) is 9.21. The van der Waals surface area contributed by atoms with Gasteiger partial charge in [-0.15, -0.1) is 0 Å². The highest BCUT2D eigenvalue weighted by Gasteiger charge is 2.12. The van der Waals surface area contributed by atoms with Crippen molar-refractivity contribution in [3.05, 3.63) is 35.7 Å². The smallest absolute Gasteiger partial charge is 0.119 e. The van der Waals surface area contributed by atoms with Gasteiger partial charge in [-0.05, 0) is 44.2 Å². The Bertz CT molecular complexity index is 561. The third kappa shape index (κ3) is 2.63. The molecule has 2 aromatic rings. The number of hydrogen-bond acceptors (Lipinski definition) is 3. The van der Waals surface area contributed by atoms with Crippen molar-refractivity contribution in [3.63, 3.8) is 0 Å². The fourth-order valence-corrected chi connectivity index (χ4v) is 2.33. The van der Waals surface area contributed by atoms with Crippen molar-refractivity contribution in [2.24, 2.45) is 0 Å². The second-order valence-corrected chi connectivity index (χ2v) is 4.51. The molecule has 0 aliphatic rings. The Labute approximate surface area is 114 Å². The van der Waals surface area contributed by atoms with Crippen LogP contribution in [-0.4, -0.2) is 23.9 Å². The predicted molar refractivity (Wildman–Crippen MR) is 77.4 cm³/mol. The largest absolute Gasteiger partial charge is 0.497 e. The molecule has 0 spiro atoms. The standard InChI is InChI=1S/C15H21N3O/c1-5-18-11(2)15(10-17-18)14-7-6-13(19-4)8-12(14)9-16-3/h6-8,10,16H,5,9H2,1-4H3. The Kier molecular flexibility index (Phi) is 4.22. The summed E-state index contributed by atoms with van der Waals surface area (Å²) in [5.74, 6) is 0.884. The Morgan fingerprint density at radius 1 is 1.32 bits per heavy atom. The lowest BCUT2D eigenvalue weighted by molar-refractivity contribution is 0.414. The SMILES string of the molecule is CCn1ncc(-c2ccc(OC)cc2CNC)c1C. The van der Waals surface area contributed by atoms with Crippen LogP contribution in [0.15, 0.2) is 24.4 Å². The summed E-state index contributed by atoms with van der Waals surface area (Å²) >= 11 is 0. The average molecular weight is 259 g/mol. The molecule has 0 saturated carbocycles. The monoisotopic (exact) mass is 259 g/mol. The first kappa shape index (κ1) is 13.6. The van der Waals surface area contributed by atoms with E-state index in [9.17, 15) is 0 Å². The van der Waals surface area contributed by atoms with E-state index in [1.165, 1.54) is 22.4 Å². The van der Waals surface area contributed by atoms with Crippen LogP contribution in [0, 0.1) is 6.92 Å². The molecule has 1 aromatic carbocycles. The van der Waals surface area contributed by atoms with Crippen LogP contribution < -0.4 is 10.1 Å². The highest BCUT2D eigenvalue weighted by molar-refractivity contribution is 5.70. The molecule has 0 unspecified atom stereocenters. The third-order valence-corrected chi connectivity index (χ3v) is 3.37.